The highest BCUT2D eigenvalue weighted by Crippen LogP contribution is 2.32. The molecule has 4 amide bonds. The van der Waals surface area contributed by atoms with Crippen molar-refractivity contribution in [3.63, 3.8) is 0 Å². The van der Waals surface area contributed by atoms with Crippen molar-refractivity contribution in [2.45, 2.75) is 37.8 Å². The van der Waals surface area contributed by atoms with Crippen LogP contribution in [0, 0.1) is 0 Å². The van der Waals surface area contributed by atoms with Gasteiger partial charge in [0.15, 0.2) is 0 Å². The van der Waals surface area contributed by atoms with Crippen molar-refractivity contribution in [1.82, 2.24) is 15.5 Å². The average molecular weight is 428 g/mol. The average Bonchev–Trinajstić information content (AvgIpc) is 3.03. The third-order valence-corrected chi connectivity index (χ3v) is 6.61. The summed E-state index contributed by atoms with van der Waals surface area (Å²) in [5.41, 5.74) is 1.84. The lowest BCUT2D eigenvalue weighted by Gasteiger charge is -2.27. The molecule has 0 spiro atoms. The minimum absolute atomic E-state index is 0.0971. The van der Waals surface area contributed by atoms with E-state index in [0.717, 1.165) is 40.5 Å². The number of aryl methyl sites for hydroxylation is 1. The van der Waals surface area contributed by atoms with E-state index in [2.05, 4.69) is 16.7 Å². The van der Waals surface area contributed by atoms with Crippen molar-refractivity contribution in [1.29, 1.82) is 0 Å². The first kappa shape index (κ1) is 20.2. The van der Waals surface area contributed by atoms with E-state index in [1.54, 1.807) is 6.92 Å². The van der Waals surface area contributed by atoms with Gasteiger partial charge in [0.1, 0.15) is 12.1 Å². The minimum Gasteiger partial charge on any atom is -0.348 e. The maximum Gasteiger partial charge on any atom is 0.325 e. The van der Waals surface area contributed by atoms with E-state index < -0.39 is 17.5 Å². The smallest absolute Gasteiger partial charge is 0.325 e. The third kappa shape index (κ3) is 3.42. The van der Waals surface area contributed by atoms with E-state index in [-0.39, 0.29) is 18.5 Å². The zero-order chi connectivity index (χ0) is 22.3. The molecular formula is C26H25N3O3. The molecule has 1 heterocycles. The van der Waals surface area contributed by atoms with Crippen LogP contribution in [0.5, 0.6) is 0 Å². The largest absolute Gasteiger partial charge is 0.348 e. The van der Waals surface area contributed by atoms with Gasteiger partial charge in [-0.2, -0.15) is 0 Å². The molecule has 3 aromatic rings. The summed E-state index contributed by atoms with van der Waals surface area (Å²) in [5.74, 6) is -0.755. The van der Waals surface area contributed by atoms with Gasteiger partial charge in [0.2, 0.25) is 5.91 Å². The van der Waals surface area contributed by atoms with Crippen LogP contribution in [0.4, 0.5) is 4.79 Å². The molecule has 1 saturated heterocycles. The summed E-state index contributed by atoms with van der Waals surface area (Å²) in [6.07, 6.45) is 2.84. The van der Waals surface area contributed by atoms with Crippen LogP contribution in [0.25, 0.3) is 10.8 Å². The van der Waals surface area contributed by atoms with Gasteiger partial charge in [-0.25, -0.2) is 4.79 Å². The van der Waals surface area contributed by atoms with Crippen LogP contribution in [-0.2, 0) is 21.5 Å². The lowest BCUT2D eigenvalue weighted by Crippen LogP contribution is -2.44. The van der Waals surface area contributed by atoms with E-state index in [1.807, 2.05) is 60.7 Å². The van der Waals surface area contributed by atoms with Crippen molar-refractivity contribution in [2.24, 2.45) is 0 Å². The fourth-order valence-corrected chi connectivity index (χ4v) is 4.82. The van der Waals surface area contributed by atoms with Crippen molar-refractivity contribution in [2.75, 3.05) is 6.54 Å². The normalized spacial score (nSPS) is 22.5. The number of carbonyl (C=O) groups excluding carboxylic acids is 3. The van der Waals surface area contributed by atoms with E-state index in [0.29, 0.717) is 5.56 Å². The topological polar surface area (TPSA) is 78.5 Å². The maximum atomic E-state index is 13.3. The molecule has 6 heteroatoms. The lowest BCUT2D eigenvalue weighted by molar-refractivity contribution is -0.135. The van der Waals surface area contributed by atoms with Crippen molar-refractivity contribution < 1.29 is 14.4 Å². The standard InChI is InChI=1S/C26H25N3O3/c1-26(20-14-13-17-7-2-3-9-19(17)15-20)24(31)29(25(32)28-26)16-23(30)27-22-12-6-10-18-8-4-5-11-21(18)22/h2-5,7-9,11,13-15,22H,6,10,12,16H2,1H3,(H,27,30)(H,28,32)/t22-,26-/m0/s1. The molecule has 0 radical (unpaired) electrons. The van der Waals surface area contributed by atoms with Crippen molar-refractivity contribution in [3.8, 4) is 0 Å². The zero-order valence-corrected chi connectivity index (χ0v) is 17.9. The molecule has 0 bridgehead atoms. The van der Waals surface area contributed by atoms with Gasteiger partial charge >= 0.3 is 6.03 Å². The Morgan fingerprint density at radius 1 is 1.06 bits per heavy atom. The first-order chi connectivity index (χ1) is 15.5. The molecule has 32 heavy (non-hydrogen) atoms. The van der Waals surface area contributed by atoms with Gasteiger partial charge in [-0.15, -0.1) is 0 Å². The molecule has 1 aliphatic carbocycles. The Kier molecular flexibility index (Phi) is 4.93. The van der Waals surface area contributed by atoms with E-state index in [4.69, 9.17) is 0 Å². The third-order valence-electron chi connectivity index (χ3n) is 6.61. The molecule has 2 N–H and O–H groups in total. The molecule has 3 aromatic carbocycles. The highest BCUT2D eigenvalue weighted by Gasteiger charge is 2.49. The van der Waals surface area contributed by atoms with Gasteiger partial charge in [-0.3, -0.25) is 14.5 Å². The van der Waals surface area contributed by atoms with Gasteiger partial charge in [-0.1, -0.05) is 60.7 Å². The molecular weight excluding hydrogens is 402 g/mol. The van der Waals surface area contributed by atoms with Crippen LogP contribution in [-0.4, -0.2) is 29.3 Å². The van der Waals surface area contributed by atoms with Crippen molar-refractivity contribution in [3.05, 3.63) is 83.4 Å². The fraction of sp³-hybridized carbons (Fsp3) is 0.269. The molecule has 6 nitrogen and oxygen atoms in total. The molecule has 0 saturated carbocycles. The van der Waals surface area contributed by atoms with Gasteiger partial charge in [0.05, 0.1) is 6.04 Å². The van der Waals surface area contributed by atoms with E-state index in [9.17, 15) is 14.4 Å². The minimum atomic E-state index is -1.21. The van der Waals surface area contributed by atoms with E-state index in [1.165, 1.54) is 5.56 Å². The quantitative estimate of drug-likeness (QED) is 0.622. The first-order valence-corrected chi connectivity index (χ1v) is 11.0. The highest BCUT2D eigenvalue weighted by molar-refractivity contribution is 6.09. The second-order valence-corrected chi connectivity index (χ2v) is 8.72. The number of benzene rings is 3. The molecule has 1 aliphatic heterocycles. The molecule has 2 atom stereocenters. The predicted octanol–water partition coefficient (Wildman–Crippen LogP) is 3.80. The summed E-state index contributed by atoms with van der Waals surface area (Å²) in [6, 6.07) is 21.0. The number of hydrogen-bond donors (Lipinski definition) is 2. The summed E-state index contributed by atoms with van der Waals surface area (Å²) in [6.45, 7) is 1.39. The predicted molar refractivity (Wildman–Crippen MR) is 122 cm³/mol. The second kappa shape index (κ2) is 7.79. The van der Waals surface area contributed by atoms with Crippen LogP contribution < -0.4 is 10.6 Å². The van der Waals surface area contributed by atoms with Crippen LogP contribution in [0.1, 0.15) is 42.5 Å². The second-order valence-electron chi connectivity index (χ2n) is 8.72. The number of fused-ring (bicyclic) bond motifs is 2. The SMILES string of the molecule is C[C@@]1(c2ccc3ccccc3c2)NC(=O)N(CC(=O)N[C@H]2CCCc3ccccc32)C1=O. The Hall–Kier alpha value is -3.67. The van der Waals surface area contributed by atoms with Crippen LogP contribution >= 0.6 is 0 Å². The number of nitrogens with one attached hydrogen (secondary N) is 2. The first-order valence-electron chi connectivity index (χ1n) is 11.0. The van der Waals surface area contributed by atoms with E-state index >= 15 is 0 Å². The van der Waals surface area contributed by atoms with Crippen LogP contribution in [0.3, 0.4) is 0 Å². The molecule has 162 valence electrons. The van der Waals surface area contributed by atoms with Gasteiger partial charge < -0.3 is 10.6 Å². The molecule has 2 aliphatic rings. The summed E-state index contributed by atoms with van der Waals surface area (Å²) in [5, 5.41) is 7.86. The number of imide groups is 1. The summed E-state index contributed by atoms with van der Waals surface area (Å²) < 4.78 is 0. The maximum absolute atomic E-state index is 13.3. The number of hydrogen-bond acceptors (Lipinski definition) is 3. The number of amides is 4. The fourth-order valence-electron chi connectivity index (χ4n) is 4.82. The number of rotatable bonds is 4. The summed E-state index contributed by atoms with van der Waals surface area (Å²) in [7, 11) is 0. The number of carbonyl (C=O) groups is 3. The molecule has 0 aromatic heterocycles. The monoisotopic (exact) mass is 427 g/mol. The van der Waals surface area contributed by atoms with Gasteiger partial charge in [0, 0.05) is 0 Å². The van der Waals surface area contributed by atoms with Gasteiger partial charge in [0.25, 0.3) is 5.91 Å². The van der Waals surface area contributed by atoms with Crippen LogP contribution in [0.2, 0.25) is 0 Å². The summed E-state index contributed by atoms with van der Waals surface area (Å²) in [4.78, 5) is 39.8. The van der Waals surface area contributed by atoms with Gasteiger partial charge in [-0.05, 0) is 59.7 Å². The Labute approximate surface area is 186 Å². The summed E-state index contributed by atoms with van der Waals surface area (Å²) >= 11 is 0. The van der Waals surface area contributed by atoms with Crippen molar-refractivity contribution >= 4 is 28.6 Å². The number of nitrogens with zero attached hydrogens (tertiary/aromatic N) is 1. The Bertz CT molecular complexity index is 1240. The number of urea groups is 1. The lowest BCUT2D eigenvalue weighted by atomic mass is 9.88. The van der Waals surface area contributed by atoms with Crippen LogP contribution in [0.15, 0.2) is 66.7 Å². The highest BCUT2D eigenvalue weighted by atomic mass is 16.2. The zero-order valence-electron chi connectivity index (χ0n) is 17.9. The Balaban J connectivity index is 1.33. The molecule has 5 rings (SSSR count). The molecule has 0 unspecified atom stereocenters. The Morgan fingerprint density at radius 2 is 1.81 bits per heavy atom. The molecule has 1 fully saturated rings. The Morgan fingerprint density at radius 3 is 2.66 bits per heavy atom.